The Morgan fingerprint density at radius 2 is 2.27 bits per heavy atom. The van der Waals surface area contributed by atoms with E-state index in [1.54, 1.807) is 18.6 Å². The van der Waals surface area contributed by atoms with Crippen LogP contribution < -0.4 is 4.90 Å². The Kier molecular flexibility index (Phi) is 1.47. The third kappa shape index (κ3) is 1.17. The van der Waals surface area contributed by atoms with Gasteiger partial charge in [0.1, 0.15) is 5.82 Å². The number of hydrogen-bond donors (Lipinski definition) is 1. The van der Waals surface area contributed by atoms with Gasteiger partial charge in [-0.05, 0) is 0 Å². The molecule has 0 spiro atoms. The topological polar surface area (TPSA) is 49.2 Å². The highest BCUT2D eigenvalue weighted by atomic mass is 16.3. The van der Waals surface area contributed by atoms with E-state index in [-0.39, 0.29) is 6.10 Å². The van der Waals surface area contributed by atoms with Crippen molar-refractivity contribution < 1.29 is 5.11 Å². The van der Waals surface area contributed by atoms with Crippen LogP contribution >= 0.6 is 0 Å². The van der Waals surface area contributed by atoms with E-state index in [2.05, 4.69) is 9.97 Å². The molecule has 0 amide bonds. The maximum atomic E-state index is 8.99. The Morgan fingerprint density at radius 3 is 2.82 bits per heavy atom. The first kappa shape index (κ1) is 6.54. The smallest absolute Gasteiger partial charge is 0.147 e. The lowest BCUT2D eigenvalue weighted by atomic mass is 10.2. The molecule has 1 fully saturated rings. The first-order chi connectivity index (χ1) is 5.36. The fourth-order valence-corrected chi connectivity index (χ4v) is 1.10. The van der Waals surface area contributed by atoms with E-state index in [0.717, 1.165) is 5.82 Å². The molecule has 1 N–H and O–H groups in total. The van der Waals surface area contributed by atoms with E-state index in [1.807, 2.05) is 4.90 Å². The van der Waals surface area contributed by atoms with Gasteiger partial charge < -0.3 is 10.0 Å². The van der Waals surface area contributed by atoms with Crippen LogP contribution in [0.1, 0.15) is 0 Å². The van der Waals surface area contributed by atoms with Crippen LogP contribution in [0.2, 0.25) is 0 Å². The van der Waals surface area contributed by atoms with E-state index in [4.69, 9.17) is 5.11 Å². The molecule has 2 rings (SSSR count). The van der Waals surface area contributed by atoms with Crippen molar-refractivity contribution in [3.8, 4) is 0 Å². The van der Waals surface area contributed by atoms with Crippen LogP contribution in [0.25, 0.3) is 0 Å². The number of aliphatic hydroxyl groups is 1. The lowest BCUT2D eigenvalue weighted by Gasteiger charge is -2.36. The normalized spacial score (nSPS) is 18.1. The van der Waals surface area contributed by atoms with Crippen LogP contribution in [0, 0.1) is 0 Å². The van der Waals surface area contributed by atoms with Crippen molar-refractivity contribution in [1.82, 2.24) is 9.97 Å². The third-order valence-corrected chi connectivity index (χ3v) is 1.74. The minimum Gasteiger partial charge on any atom is -0.389 e. The lowest BCUT2D eigenvalue weighted by Crippen LogP contribution is -2.51. The minimum atomic E-state index is -0.183. The molecule has 4 nitrogen and oxygen atoms in total. The molecule has 1 aromatic heterocycles. The summed E-state index contributed by atoms with van der Waals surface area (Å²) in [6, 6.07) is 0. The molecule has 0 aromatic carbocycles. The maximum Gasteiger partial charge on any atom is 0.147 e. The largest absolute Gasteiger partial charge is 0.389 e. The molecule has 2 heterocycles. The Morgan fingerprint density at radius 1 is 1.45 bits per heavy atom. The highest BCUT2D eigenvalue weighted by molar-refractivity contribution is 5.38. The zero-order valence-corrected chi connectivity index (χ0v) is 6.01. The van der Waals surface area contributed by atoms with Crippen molar-refractivity contribution in [3.63, 3.8) is 0 Å². The second-order valence-corrected chi connectivity index (χ2v) is 2.62. The molecule has 0 bridgehead atoms. The van der Waals surface area contributed by atoms with E-state index >= 15 is 0 Å². The summed E-state index contributed by atoms with van der Waals surface area (Å²) < 4.78 is 0. The number of aliphatic hydroxyl groups excluding tert-OH is 1. The van der Waals surface area contributed by atoms with Gasteiger partial charge in [-0.15, -0.1) is 0 Å². The number of anilines is 1. The standard InChI is InChI=1S/C7H9N3O/c11-6-4-10(5-6)7-3-8-1-2-9-7/h1-3,6,11H,4-5H2. The Bertz CT molecular complexity index is 233. The van der Waals surface area contributed by atoms with Gasteiger partial charge in [0, 0.05) is 25.5 Å². The molecule has 0 aliphatic carbocycles. The van der Waals surface area contributed by atoms with Gasteiger partial charge in [-0.2, -0.15) is 0 Å². The van der Waals surface area contributed by atoms with Crippen LogP contribution in [0.4, 0.5) is 5.82 Å². The molecular weight excluding hydrogens is 142 g/mol. The third-order valence-electron chi connectivity index (χ3n) is 1.74. The van der Waals surface area contributed by atoms with Crippen LogP contribution in [-0.2, 0) is 0 Å². The molecule has 1 aliphatic heterocycles. The molecule has 1 aromatic rings. The van der Waals surface area contributed by atoms with Gasteiger partial charge in [0.05, 0.1) is 12.3 Å². The molecule has 4 heteroatoms. The van der Waals surface area contributed by atoms with Gasteiger partial charge in [-0.3, -0.25) is 4.98 Å². The van der Waals surface area contributed by atoms with E-state index in [1.165, 1.54) is 0 Å². The second kappa shape index (κ2) is 2.47. The molecule has 1 aliphatic rings. The summed E-state index contributed by atoms with van der Waals surface area (Å²) >= 11 is 0. The van der Waals surface area contributed by atoms with Gasteiger partial charge in [0.2, 0.25) is 0 Å². The summed E-state index contributed by atoms with van der Waals surface area (Å²) in [6.45, 7) is 1.36. The summed E-state index contributed by atoms with van der Waals surface area (Å²) in [4.78, 5) is 10.00. The van der Waals surface area contributed by atoms with Crippen LogP contribution in [0.3, 0.4) is 0 Å². The highest BCUT2D eigenvalue weighted by Gasteiger charge is 2.25. The number of aromatic nitrogens is 2. The first-order valence-corrected chi connectivity index (χ1v) is 3.55. The maximum absolute atomic E-state index is 8.99. The van der Waals surface area contributed by atoms with Gasteiger partial charge in [0.25, 0.3) is 0 Å². The van der Waals surface area contributed by atoms with Gasteiger partial charge >= 0.3 is 0 Å². The summed E-state index contributed by atoms with van der Waals surface area (Å²) in [6.07, 6.45) is 4.81. The van der Waals surface area contributed by atoms with Crippen molar-refractivity contribution in [2.24, 2.45) is 0 Å². The summed E-state index contributed by atoms with van der Waals surface area (Å²) in [7, 11) is 0. The van der Waals surface area contributed by atoms with E-state index in [9.17, 15) is 0 Å². The number of β-amino-alcohol motifs (C(OH)–C–C–N with tert-alkyl or cyclic N) is 1. The Labute approximate surface area is 64.5 Å². The summed E-state index contributed by atoms with van der Waals surface area (Å²) in [5.41, 5.74) is 0. The predicted octanol–water partition coefficient (Wildman–Crippen LogP) is -0.343. The molecule has 58 valence electrons. The number of nitrogens with zero attached hydrogens (tertiary/aromatic N) is 3. The quantitative estimate of drug-likeness (QED) is 0.596. The molecule has 0 saturated carbocycles. The van der Waals surface area contributed by atoms with Crippen molar-refractivity contribution in [3.05, 3.63) is 18.6 Å². The average Bonchev–Trinajstić information content (AvgIpc) is 2.01. The first-order valence-electron chi connectivity index (χ1n) is 3.55. The molecule has 0 atom stereocenters. The van der Waals surface area contributed by atoms with Crippen molar-refractivity contribution in [1.29, 1.82) is 0 Å². The second-order valence-electron chi connectivity index (χ2n) is 2.62. The summed E-state index contributed by atoms with van der Waals surface area (Å²) in [5.74, 6) is 0.845. The minimum absolute atomic E-state index is 0.183. The summed E-state index contributed by atoms with van der Waals surface area (Å²) in [5, 5.41) is 8.99. The fraction of sp³-hybridized carbons (Fsp3) is 0.429. The van der Waals surface area contributed by atoms with E-state index < -0.39 is 0 Å². The van der Waals surface area contributed by atoms with Crippen molar-refractivity contribution in [2.75, 3.05) is 18.0 Å². The van der Waals surface area contributed by atoms with Crippen molar-refractivity contribution in [2.45, 2.75) is 6.10 Å². The fourth-order valence-electron chi connectivity index (χ4n) is 1.10. The van der Waals surface area contributed by atoms with Gasteiger partial charge in [0.15, 0.2) is 0 Å². The molecule has 0 radical (unpaired) electrons. The molecule has 11 heavy (non-hydrogen) atoms. The molecule has 0 unspecified atom stereocenters. The van der Waals surface area contributed by atoms with Crippen molar-refractivity contribution >= 4 is 5.82 Å². The monoisotopic (exact) mass is 151 g/mol. The number of hydrogen-bond acceptors (Lipinski definition) is 4. The van der Waals surface area contributed by atoms with Crippen LogP contribution in [0.15, 0.2) is 18.6 Å². The Balaban J connectivity index is 2.08. The Hall–Kier alpha value is -1.16. The van der Waals surface area contributed by atoms with E-state index in [0.29, 0.717) is 13.1 Å². The zero-order valence-electron chi connectivity index (χ0n) is 6.01. The average molecular weight is 151 g/mol. The molecule has 1 saturated heterocycles. The number of rotatable bonds is 1. The van der Waals surface area contributed by atoms with Crippen LogP contribution in [0.5, 0.6) is 0 Å². The van der Waals surface area contributed by atoms with Gasteiger partial charge in [-0.1, -0.05) is 0 Å². The predicted molar refractivity (Wildman–Crippen MR) is 40.3 cm³/mol. The van der Waals surface area contributed by atoms with Crippen LogP contribution in [-0.4, -0.2) is 34.3 Å². The SMILES string of the molecule is OC1CN(c2cnccn2)C1. The van der Waals surface area contributed by atoms with Gasteiger partial charge in [-0.25, -0.2) is 4.98 Å². The highest BCUT2D eigenvalue weighted by Crippen LogP contribution is 2.15. The zero-order chi connectivity index (χ0) is 7.68. The molecular formula is C7H9N3O. The lowest BCUT2D eigenvalue weighted by molar-refractivity contribution is 0.141.